The summed E-state index contributed by atoms with van der Waals surface area (Å²) in [6, 6.07) is 0. The molecule has 648 valence electrons. The molecule has 0 aromatic rings. The topological polar surface area (TPSA) is 274 Å². The highest BCUT2D eigenvalue weighted by molar-refractivity contribution is 7.87. The second-order valence-electron chi connectivity index (χ2n) is 41.9. The molecule has 12 atom stereocenters. The Kier molecular flexibility index (Phi) is 30.9. The lowest BCUT2D eigenvalue weighted by molar-refractivity contribution is -0.231. The molecule has 2 heterocycles. The van der Waals surface area contributed by atoms with E-state index in [-0.39, 0.29) is 98.8 Å². The molecule has 0 spiro atoms. The third-order valence-corrected chi connectivity index (χ3v) is 32.5. The first-order chi connectivity index (χ1) is 52.5. The molecule has 0 aromatic heterocycles. The molecule has 15 rings (SSSR count). The maximum Gasteiger partial charge on any atom is 0.344 e. The molecular formula is C92H154O20S. The molecule has 2 aliphatic heterocycles. The van der Waals surface area contributed by atoms with Crippen molar-refractivity contribution >= 4 is 57.9 Å². The molecule has 13 saturated carbocycles. The van der Waals surface area contributed by atoms with Crippen LogP contribution in [0.15, 0.2) is 0 Å². The van der Waals surface area contributed by atoms with E-state index in [2.05, 4.69) is 41.5 Å². The van der Waals surface area contributed by atoms with Gasteiger partial charge in [-0.2, -0.15) is 8.42 Å². The summed E-state index contributed by atoms with van der Waals surface area (Å²) >= 11 is 0. The van der Waals surface area contributed by atoms with Gasteiger partial charge in [0.25, 0.3) is 10.1 Å². The molecule has 12 bridgehead atoms. The molecule has 13 aliphatic carbocycles. The number of carbonyl (C=O) groups excluding carboxylic acids is 8. The van der Waals surface area contributed by atoms with Crippen molar-refractivity contribution in [2.24, 2.45) is 109 Å². The van der Waals surface area contributed by atoms with Crippen molar-refractivity contribution in [1.29, 1.82) is 0 Å². The molecule has 15 aliphatic rings. The van der Waals surface area contributed by atoms with Crippen LogP contribution in [0.3, 0.4) is 0 Å². The summed E-state index contributed by atoms with van der Waals surface area (Å²) in [7, 11) is -3.53. The molecule has 2 saturated heterocycles. The Labute approximate surface area is 681 Å². The highest BCUT2D eigenvalue weighted by atomic mass is 32.2. The van der Waals surface area contributed by atoms with Crippen LogP contribution >= 0.6 is 0 Å². The summed E-state index contributed by atoms with van der Waals surface area (Å²) in [5.41, 5.74) is -3.79. The lowest BCUT2D eigenvalue weighted by Crippen LogP contribution is -2.63. The normalized spacial score (nSPS) is 33.7. The summed E-state index contributed by atoms with van der Waals surface area (Å²) in [6.07, 6.45) is 30.3. The lowest BCUT2D eigenvalue weighted by atomic mass is 9.47. The van der Waals surface area contributed by atoms with Crippen molar-refractivity contribution in [3.8, 4) is 0 Å². The number of unbranched alkanes of at least 4 members (excludes halogenated alkanes) is 5. The van der Waals surface area contributed by atoms with E-state index < -0.39 is 68.0 Å². The van der Waals surface area contributed by atoms with Crippen molar-refractivity contribution < 1.29 is 94.0 Å². The average Bonchev–Trinajstić information content (AvgIpc) is 1.49. The molecule has 0 radical (unpaired) electrons. The van der Waals surface area contributed by atoms with Crippen molar-refractivity contribution in [3.05, 3.63) is 0 Å². The number of hydrogen-bond acceptors (Lipinski definition) is 20. The van der Waals surface area contributed by atoms with E-state index in [0.29, 0.717) is 79.6 Å². The molecule has 1 N–H and O–H groups in total. The fourth-order valence-corrected chi connectivity index (χ4v) is 23.0. The molecule has 0 amide bonds. The number of ether oxygens (including phenoxy) is 8. The number of aliphatic hydroxyl groups is 1. The standard InChI is InChI=1S/C19H32O2.C16H26O3.C15H22O7S.C14H20O4.C14H26O2.C14H28O2/c1-6-18(4,5)17(20)21-19(12(2)3)15-8-13-7-14(10-15)11-16(19)9-13;1-4-14(2,3)13(17)19-16-8-11-5-12(9-16)7-15(18,6-11)10-16;1-4-15(2,3)14(17)20-7-11(16)21-12-8-5-9-10(6-8)23(18,19)22-13(9)12;1-4-14(2,3)13(16)18-10-7-5-8-9(6-7)12(15)17-11(8)10;1-6-13(4,5)12(15)16-14(11(2)3)9-7-8-10-14;1-5-7-8-9-10-11-12-16-13(15)14(3,4)6-2/h12-16H,6-11H2,1-5H3;11-12,18H,4-10H2,1-3H3;8-10,12-13H,4-7H2,1-3H3;7-11H,4-6H2,1-3H3;11H,6-10H2,1-5H3;5-12H2,1-4H3. The van der Waals surface area contributed by atoms with Crippen LogP contribution in [0.2, 0.25) is 0 Å². The van der Waals surface area contributed by atoms with Crippen LogP contribution in [0.5, 0.6) is 0 Å². The van der Waals surface area contributed by atoms with Crippen molar-refractivity contribution in [1.82, 2.24) is 0 Å². The molecule has 21 heteroatoms. The second-order valence-corrected chi connectivity index (χ2v) is 43.7. The number of carbonyl (C=O) groups is 8. The Hall–Kier alpha value is -4.37. The van der Waals surface area contributed by atoms with Crippen molar-refractivity contribution in [3.63, 3.8) is 0 Å². The lowest BCUT2D eigenvalue weighted by Gasteiger charge is -2.62. The smallest absolute Gasteiger partial charge is 0.344 e. The van der Waals surface area contributed by atoms with E-state index in [1.54, 1.807) is 13.8 Å². The Morgan fingerprint density at radius 1 is 0.478 bits per heavy atom. The highest BCUT2D eigenvalue weighted by Gasteiger charge is 2.67. The minimum atomic E-state index is -3.53. The largest absolute Gasteiger partial charge is 0.465 e. The van der Waals surface area contributed by atoms with Gasteiger partial charge in [-0.3, -0.25) is 37.7 Å². The van der Waals surface area contributed by atoms with E-state index in [1.165, 1.54) is 83.5 Å². The number of rotatable bonds is 28. The van der Waals surface area contributed by atoms with Crippen molar-refractivity contribution in [2.45, 2.75) is 410 Å². The van der Waals surface area contributed by atoms with Crippen LogP contribution in [0.4, 0.5) is 0 Å². The van der Waals surface area contributed by atoms with Gasteiger partial charge in [0.2, 0.25) is 0 Å². The fraction of sp³-hybridized carbons (Fsp3) is 0.913. The van der Waals surface area contributed by atoms with E-state index in [4.69, 9.17) is 42.1 Å². The van der Waals surface area contributed by atoms with Gasteiger partial charge in [-0.15, -0.1) is 0 Å². The van der Waals surface area contributed by atoms with Gasteiger partial charge in [-0.25, -0.2) is 4.79 Å². The maximum absolute atomic E-state index is 12.8. The van der Waals surface area contributed by atoms with Crippen LogP contribution in [0, 0.1) is 109 Å². The second kappa shape index (κ2) is 37.1. The summed E-state index contributed by atoms with van der Waals surface area (Å²) in [4.78, 5) is 96.4. The Morgan fingerprint density at radius 3 is 1.42 bits per heavy atom. The Balaban J connectivity index is 0.000000171. The van der Waals surface area contributed by atoms with Gasteiger partial charge in [0.1, 0.15) is 41.2 Å². The van der Waals surface area contributed by atoms with Crippen LogP contribution < -0.4 is 0 Å². The zero-order valence-corrected chi connectivity index (χ0v) is 75.2. The van der Waals surface area contributed by atoms with Crippen LogP contribution in [0.1, 0.15) is 358 Å². The minimum absolute atomic E-state index is 0.0130. The zero-order chi connectivity index (χ0) is 84.2. The van der Waals surface area contributed by atoms with Gasteiger partial charge >= 0.3 is 47.8 Å². The predicted octanol–water partition coefficient (Wildman–Crippen LogP) is 19.1. The van der Waals surface area contributed by atoms with Crippen LogP contribution in [-0.4, -0.2) is 127 Å². The average molecular weight is 1610 g/mol. The SMILES string of the molecule is CCC(C)(C)C(=O)OC1(C(C)C)C2CC3CC(C2)CC1C3.CCC(C)(C)C(=O)OC1(C(C)C)CCCC1.CCC(C)(C)C(=O)OC12CC3CC(CC(O)(C3)C1)C2.CCC(C)(C)C(=O)OC1C2CC3C(=O)OC1C3C2.CCC(C)(C)C(=O)OCC(=O)OC1C2CC3C1OS(=O)(=O)C3C2.CCCCCCCCOC(=O)C(C)(C)CC. The van der Waals surface area contributed by atoms with E-state index in [0.717, 1.165) is 102 Å². The van der Waals surface area contributed by atoms with Crippen LogP contribution in [0.25, 0.3) is 0 Å². The summed E-state index contributed by atoms with van der Waals surface area (Å²) in [6.45, 7) is 46.3. The van der Waals surface area contributed by atoms with Gasteiger partial charge in [0.15, 0.2) is 6.61 Å². The first-order valence-electron chi connectivity index (χ1n) is 44.8. The fourth-order valence-electron chi connectivity index (χ4n) is 21.1. The highest BCUT2D eigenvalue weighted by Crippen LogP contribution is 2.64. The molecule has 12 unspecified atom stereocenters. The third kappa shape index (κ3) is 21.4. The van der Waals surface area contributed by atoms with Gasteiger partial charge in [0, 0.05) is 30.1 Å². The monoisotopic (exact) mass is 1610 g/mol. The first kappa shape index (κ1) is 94.1. The first-order valence-corrected chi connectivity index (χ1v) is 46.3. The molecule has 20 nitrogen and oxygen atoms in total. The van der Waals surface area contributed by atoms with Gasteiger partial charge in [-0.1, -0.05) is 108 Å². The maximum atomic E-state index is 12.8. The number of fused-ring (bicyclic) bond motifs is 2. The summed E-state index contributed by atoms with van der Waals surface area (Å²) in [5, 5.41) is 10.2. The number of hydrogen-bond donors (Lipinski definition) is 1. The summed E-state index contributed by atoms with van der Waals surface area (Å²) in [5.74, 6) is 4.18. The molecule has 113 heavy (non-hydrogen) atoms. The van der Waals surface area contributed by atoms with Gasteiger partial charge in [-0.05, 0) is 291 Å². The van der Waals surface area contributed by atoms with E-state index in [9.17, 15) is 51.9 Å². The van der Waals surface area contributed by atoms with Crippen molar-refractivity contribution in [2.75, 3.05) is 13.2 Å². The van der Waals surface area contributed by atoms with Gasteiger partial charge < -0.3 is 43.0 Å². The quantitative estimate of drug-likeness (QED) is 0.0330. The van der Waals surface area contributed by atoms with E-state index in [1.807, 2.05) is 104 Å². The minimum Gasteiger partial charge on any atom is -0.465 e. The summed E-state index contributed by atoms with van der Waals surface area (Å²) < 4.78 is 73.7. The molecular weight excluding hydrogens is 1460 g/mol. The van der Waals surface area contributed by atoms with Crippen LogP contribution in [-0.2, 0) is 90.6 Å². The van der Waals surface area contributed by atoms with E-state index >= 15 is 0 Å². The zero-order valence-electron chi connectivity index (χ0n) is 74.3. The Morgan fingerprint density at radius 2 is 0.920 bits per heavy atom. The van der Waals surface area contributed by atoms with Gasteiger partial charge in [0.05, 0.1) is 55.9 Å². The molecule has 0 aromatic carbocycles. The third-order valence-electron chi connectivity index (χ3n) is 30.7. The molecule has 15 fully saturated rings. The Bertz CT molecular complexity index is 3350. The predicted molar refractivity (Wildman–Crippen MR) is 434 cm³/mol. The number of esters is 8.